The predicted octanol–water partition coefficient (Wildman–Crippen LogP) is 0.212. The van der Waals surface area contributed by atoms with Crippen LogP contribution in [0.15, 0.2) is 0 Å². The Labute approximate surface area is 81.8 Å². The third kappa shape index (κ3) is 1.46. The lowest BCUT2D eigenvalue weighted by Crippen LogP contribution is -2.55. The van der Waals surface area contributed by atoms with Crippen LogP contribution < -0.4 is 0 Å². The molecule has 2 atom stereocenters. The molecule has 0 spiro atoms. The Kier molecular flexibility index (Phi) is 2.07. The van der Waals surface area contributed by atoms with Crippen molar-refractivity contribution in [3.05, 3.63) is 0 Å². The van der Waals surface area contributed by atoms with Gasteiger partial charge in [-0.3, -0.25) is 4.79 Å². The maximum absolute atomic E-state index is 11.8. The molecule has 0 saturated carbocycles. The zero-order valence-corrected chi connectivity index (χ0v) is 9.19. The van der Waals surface area contributed by atoms with E-state index in [1.54, 1.807) is 0 Å². The molecule has 3 nitrogen and oxygen atoms in total. The molecule has 2 aliphatic heterocycles. The van der Waals surface area contributed by atoms with Crippen LogP contribution in [-0.4, -0.2) is 46.9 Å². The van der Waals surface area contributed by atoms with Crippen LogP contribution in [0.1, 0.15) is 13.8 Å². The minimum absolute atomic E-state index is 0.265. The molecule has 0 aromatic carbocycles. The number of carbonyl (C=O) groups is 1. The molecule has 0 bridgehead atoms. The largest absolute Gasteiger partial charge is 0.354 e. The second kappa shape index (κ2) is 2.89. The van der Waals surface area contributed by atoms with E-state index < -0.39 is 0 Å². The maximum atomic E-state index is 11.8. The molecular weight excluding hydrogens is 186 g/mol. The van der Waals surface area contributed by atoms with E-state index in [9.17, 15) is 4.79 Å². The van der Waals surface area contributed by atoms with Gasteiger partial charge >= 0.3 is 0 Å². The molecule has 0 aromatic heterocycles. The molecular formula is C9H16NO2S+. The normalized spacial score (nSPS) is 37.8. The van der Waals surface area contributed by atoms with Crippen molar-refractivity contribution in [3.8, 4) is 0 Å². The average Bonchev–Trinajstić information content (AvgIpc) is 2.26. The van der Waals surface area contributed by atoms with E-state index in [1.165, 1.54) is 0 Å². The van der Waals surface area contributed by atoms with Gasteiger partial charge in [-0.2, -0.15) is 0 Å². The number of carbonyl (C=O) groups excluding carboxylic acids is 1. The number of fused-ring (bicyclic) bond motifs is 1. The van der Waals surface area contributed by atoms with E-state index in [-0.39, 0.29) is 22.5 Å². The van der Waals surface area contributed by atoms with Crippen LogP contribution in [0.5, 0.6) is 0 Å². The van der Waals surface area contributed by atoms with E-state index in [4.69, 9.17) is 4.74 Å². The van der Waals surface area contributed by atoms with Gasteiger partial charge in [0.1, 0.15) is 17.5 Å². The first-order valence-electron chi connectivity index (χ1n) is 4.56. The molecule has 2 fully saturated rings. The fourth-order valence-electron chi connectivity index (χ4n) is 2.18. The molecule has 2 rings (SSSR count). The number of nitrogens with zero attached hydrogens (tertiary/aromatic N) is 1. The Balaban J connectivity index is 2.21. The topological polar surface area (TPSA) is 29.5 Å². The third-order valence-corrected chi connectivity index (χ3v) is 4.38. The summed E-state index contributed by atoms with van der Waals surface area (Å²) in [7, 11) is 0.265. The highest BCUT2D eigenvalue weighted by atomic mass is 32.2. The highest BCUT2D eigenvalue weighted by Crippen LogP contribution is 2.31. The van der Waals surface area contributed by atoms with Crippen LogP contribution in [0.2, 0.25) is 0 Å². The van der Waals surface area contributed by atoms with Crippen molar-refractivity contribution in [1.29, 1.82) is 0 Å². The van der Waals surface area contributed by atoms with Crippen LogP contribution in [0, 0.1) is 0 Å². The minimum Gasteiger partial charge on any atom is -0.354 e. The molecule has 0 aromatic rings. The fourth-order valence-corrected chi connectivity index (χ4v) is 3.76. The molecule has 74 valence electrons. The van der Waals surface area contributed by atoms with Crippen LogP contribution in [-0.2, 0) is 20.4 Å². The highest BCUT2D eigenvalue weighted by Gasteiger charge is 2.50. The number of hydrogen-bond donors (Lipinski definition) is 0. The fraction of sp³-hybridized carbons (Fsp3) is 0.889. The Hall–Kier alpha value is -0.220. The van der Waals surface area contributed by atoms with Crippen molar-refractivity contribution in [2.45, 2.75) is 25.6 Å². The Morgan fingerprint density at radius 2 is 2.31 bits per heavy atom. The van der Waals surface area contributed by atoms with E-state index >= 15 is 0 Å². The lowest BCUT2D eigenvalue weighted by atomic mass is 10.2. The van der Waals surface area contributed by atoms with Crippen molar-refractivity contribution in [2.24, 2.45) is 0 Å². The monoisotopic (exact) mass is 202 g/mol. The van der Waals surface area contributed by atoms with Crippen LogP contribution >= 0.6 is 0 Å². The molecule has 13 heavy (non-hydrogen) atoms. The van der Waals surface area contributed by atoms with Gasteiger partial charge in [-0.15, -0.1) is 0 Å². The van der Waals surface area contributed by atoms with Crippen LogP contribution in [0.25, 0.3) is 0 Å². The molecule has 0 aliphatic carbocycles. The molecule has 0 N–H and O–H groups in total. The number of ether oxygens (including phenoxy) is 1. The number of hydrogen-bond acceptors (Lipinski definition) is 2. The second-order valence-electron chi connectivity index (χ2n) is 4.27. The van der Waals surface area contributed by atoms with Gasteiger partial charge in [-0.1, -0.05) is 0 Å². The molecule has 0 radical (unpaired) electrons. The first-order valence-corrected chi connectivity index (χ1v) is 6.53. The highest BCUT2D eigenvalue weighted by molar-refractivity contribution is 7.96. The molecule has 1 unspecified atom stereocenters. The SMILES string of the molecule is C[S+]1CC(=O)N2[C@H](COC2(C)C)C1. The number of amides is 1. The molecule has 1 amide bonds. The van der Waals surface area contributed by atoms with Crippen molar-refractivity contribution in [2.75, 3.05) is 24.4 Å². The van der Waals surface area contributed by atoms with Gasteiger partial charge in [0.25, 0.3) is 5.91 Å². The summed E-state index contributed by atoms with van der Waals surface area (Å²) in [4.78, 5) is 13.7. The second-order valence-corrected chi connectivity index (χ2v) is 6.45. The van der Waals surface area contributed by atoms with Gasteiger partial charge < -0.3 is 9.64 Å². The smallest absolute Gasteiger partial charge is 0.275 e. The summed E-state index contributed by atoms with van der Waals surface area (Å²) in [6.45, 7) is 4.67. The van der Waals surface area contributed by atoms with Gasteiger partial charge in [0.2, 0.25) is 0 Å². The van der Waals surface area contributed by atoms with Gasteiger partial charge in [-0.05, 0) is 24.7 Å². The van der Waals surface area contributed by atoms with E-state index in [0.29, 0.717) is 11.8 Å². The van der Waals surface area contributed by atoms with E-state index in [2.05, 4.69) is 6.26 Å². The number of rotatable bonds is 0. The first-order chi connectivity index (χ1) is 6.00. The van der Waals surface area contributed by atoms with Gasteiger partial charge in [0, 0.05) is 0 Å². The standard InChI is InChI=1S/C9H16NO2S/c1-9(2)10-7(4-12-9)5-13(3)6-8(10)11/h7H,4-6H2,1-3H3/q+1/t7-,13?/m1/s1. The zero-order valence-electron chi connectivity index (χ0n) is 8.37. The van der Waals surface area contributed by atoms with Crippen molar-refractivity contribution in [3.63, 3.8) is 0 Å². The van der Waals surface area contributed by atoms with E-state index in [0.717, 1.165) is 12.4 Å². The summed E-state index contributed by atoms with van der Waals surface area (Å²) in [6.07, 6.45) is 2.17. The predicted molar refractivity (Wildman–Crippen MR) is 53.7 cm³/mol. The Morgan fingerprint density at radius 3 is 3.00 bits per heavy atom. The minimum atomic E-state index is -0.369. The summed E-state index contributed by atoms with van der Waals surface area (Å²) >= 11 is 0. The maximum Gasteiger partial charge on any atom is 0.275 e. The third-order valence-electron chi connectivity index (χ3n) is 2.69. The van der Waals surface area contributed by atoms with Crippen molar-refractivity contribution >= 4 is 16.8 Å². The van der Waals surface area contributed by atoms with E-state index in [1.807, 2.05) is 18.7 Å². The lowest BCUT2D eigenvalue weighted by molar-refractivity contribution is -0.143. The Morgan fingerprint density at radius 1 is 1.62 bits per heavy atom. The lowest BCUT2D eigenvalue weighted by Gasteiger charge is -2.35. The first kappa shape index (κ1) is 9.34. The Bertz CT molecular complexity index is 242. The van der Waals surface area contributed by atoms with Crippen LogP contribution in [0.3, 0.4) is 0 Å². The molecule has 4 heteroatoms. The van der Waals surface area contributed by atoms with Gasteiger partial charge in [-0.25, -0.2) is 0 Å². The molecule has 2 aliphatic rings. The van der Waals surface area contributed by atoms with Crippen molar-refractivity contribution < 1.29 is 9.53 Å². The quantitative estimate of drug-likeness (QED) is 0.526. The summed E-state index contributed by atoms with van der Waals surface area (Å²) in [5.74, 6) is 2.10. The summed E-state index contributed by atoms with van der Waals surface area (Å²) in [5.41, 5.74) is -0.369. The average molecular weight is 202 g/mol. The summed E-state index contributed by atoms with van der Waals surface area (Å²) in [5, 5.41) is 0. The molecule has 2 saturated heterocycles. The zero-order chi connectivity index (χ0) is 9.64. The van der Waals surface area contributed by atoms with Gasteiger partial charge in [0.05, 0.1) is 12.9 Å². The van der Waals surface area contributed by atoms with Crippen molar-refractivity contribution in [1.82, 2.24) is 4.90 Å². The molecule has 2 heterocycles. The van der Waals surface area contributed by atoms with Gasteiger partial charge in [0.15, 0.2) is 5.75 Å². The summed E-state index contributed by atoms with van der Waals surface area (Å²) < 4.78 is 5.62. The summed E-state index contributed by atoms with van der Waals surface area (Å²) in [6, 6.07) is 0.338. The van der Waals surface area contributed by atoms with Crippen LogP contribution in [0.4, 0.5) is 0 Å².